The van der Waals surface area contributed by atoms with E-state index in [2.05, 4.69) is 30.6 Å². The standard InChI is InChI=1S/C14H12N6O2S.2ClH/c1-9-8-23-13(18-9)20-14(21)22-12-11(16-5-6-17-12)19-10-3-2-4-15-7-10;;/h2-8H,1H3,(H,16,19)(H,18,20,21);2*1H. The highest BCUT2D eigenvalue weighted by Crippen LogP contribution is 2.22. The number of nitrogens with one attached hydrogen (secondary N) is 2. The zero-order valence-corrected chi connectivity index (χ0v) is 15.3. The van der Waals surface area contributed by atoms with E-state index < -0.39 is 6.09 Å². The van der Waals surface area contributed by atoms with Gasteiger partial charge in [-0.25, -0.2) is 19.7 Å². The number of carbonyl (C=O) groups is 1. The average molecular weight is 401 g/mol. The fourth-order valence-electron chi connectivity index (χ4n) is 1.67. The van der Waals surface area contributed by atoms with Gasteiger partial charge in [0.05, 0.1) is 17.6 Å². The number of amides is 1. The molecule has 0 saturated carbocycles. The van der Waals surface area contributed by atoms with Crippen LogP contribution >= 0.6 is 36.2 Å². The molecule has 0 spiro atoms. The second kappa shape index (κ2) is 9.72. The number of hydrogen-bond donors (Lipinski definition) is 2. The smallest absolute Gasteiger partial charge is 0.387 e. The van der Waals surface area contributed by atoms with E-state index in [1.54, 1.807) is 18.5 Å². The molecular formula is C14H14Cl2N6O2S. The fourth-order valence-corrected chi connectivity index (χ4v) is 2.34. The summed E-state index contributed by atoms with van der Waals surface area (Å²) < 4.78 is 5.19. The van der Waals surface area contributed by atoms with Gasteiger partial charge in [-0.2, -0.15) is 0 Å². The number of nitrogens with zero attached hydrogens (tertiary/aromatic N) is 4. The molecule has 0 bridgehead atoms. The normalized spacial score (nSPS) is 9.32. The summed E-state index contributed by atoms with van der Waals surface area (Å²) in [6, 6.07) is 3.58. The van der Waals surface area contributed by atoms with Gasteiger partial charge in [0.1, 0.15) is 0 Å². The Morgan fingerprint density at radius 2 is 2.00 bits per heavy atom. The maximum absolute atomic E-state index is 11.9. The first-order valence-electron chi connectivity index (χ1n) is 6.60. The average Bonchev–Trinajstić information content (AvgIpc) is 2.95. The number of carbonyl (C=O) groups excluding carboxylic acids is 1. The van der Waals surface area contributed by atoms with Gasteiger partial charge < -0.3 is 10.1 Å². The van der Waals surface area contributed by atoms with Crippen LogP contribution in [0, 0.1) is 6.92 Å². The van der Waals surface area contributed by atoms with Crippen molar-refractivity contribution >= 4 is 58.9 Å². The number of aryl methyl sites for hydroxylation is 1. The minimum Gasteiger partial charge on any atom is -0.387 e. The Hall–Kier alpha value is -2.49. The van der Waals surface area contributed by atoms with Crippen molar-refractivity contribution in [2.75, 3.05) is 10.6 Å². The number of halogens is 2. The van der Waals surface area contributed by atoms with Gasteiger partial charge in [-0.3, -0.25) is 10.3 Å². The first-order chi connectivity index (χ1) is 11.2. The molecule has 0 aliphatic carbocycles. The molecule has 3 aromatic heterocycles. The first-order valence-corrected chi connectivity index (χ1v) is 7.48. The molecule has 0 radical (unpaired) electrons. The molecular weight excluding hydrogens is 387 g/mol. The highest BCUT2D eigenvalue weighted by molar-refractivity contribution is 7.13. The maximum atomic E-state index is 11.9. The van der Waals surface area contributed by atoms with E-state index >= 15 is 0 Å². The van der Waals surface area contributed by atoms with E-state index in [0.717, 1.165) is 5.69 Å². The first kappa shape index (κ1) is 20.6. The van der Waals surface area contributed by atoms with Crippen molar-refractivity contribution in [3.05, 3.63) is 48.0 Å². The van der Waals surface area contributed by atoms with Gasteiger partial charge >= 0.3 is 6.09 Å². The summed E-state index contributed by atoms with van der Waals surface area (Å²) in [5, 5.41) is 7.82. The predicted octanol–water partition coefficient (Wildman–Crippen LogP) is 3.83. The van der Waals surface area contributed by atoms with Crippen LogP contribution in [0.25, 0.3) is 0 Å². The number of hydrogen-bond acceptors (Lipinski definition) is 8. The van der Waals surface area contributed by atoms with E-state index in [1.165, 1.54) is 23.7 Å². The van der Waals surface area contributed by atoms with E-state index in [-0.39, 0.29) is 30.7 Å². The third-order valence-electron chi connectivity index (χ3n) is 2.61. The molecule has 3 heterocycles. The van der Waals surface area contributed by atoms with E-state index in [1.807, 2.05) is 18.4 Å². The molecule has 3 rings (SSSR count). The Labute approximate surface area is 159 Å². The SMILES string of the molecule is Cc1csc(NC(=O)Oc2nccnc2Nc2cccnc2)n1.Cl.Cl. The Kier molecular flexibility index (Phi) is 7.99. The monoisotopic (exact) mass is 400 g/mol. The van der Waals surface area contributed by atoms with Crippen molar-refractivity contribution in [1.29, 1.82) is 0 Å². The van der Waals surface area contributed by atoms with Crippen molar-refractivity contribution in [3.63, 3.8) is 0 Å². The highest BCUT2D eigenvalue weighted by atomic mass is 35.5. The Bertz CT molecular complexity index is 818. The van der Waals surface area contributed by atoms with E-state index in [4.69, 9.17) is 4.74 Å². The fraction of sp³-hybridized carbons (Fsp3) is 0.0714. The third-order valence-corrected chi connectivity index (χ3v) is 3.48. The molecule has 0 aliphatic heterocycles. The predicted molar refractivity (Wildman–Crippen MR) is 101 cm³/mol. The van der Waals surface area contributed by atoms with Crippen molar-refractivity contribution in [3.8, 4) is 5.88 Å². The molecule has 0 saturated heterocycles. The minimum absolute atomic E-state index is 0. The number of anilines is 3. The largest absolute Gasteiger partial charge is 0.420 e. The lowest BCUT2D eigenvalue weighted by Crippen LogP contribution is -2.18. The van der Waals surface area contributed by atoms with Crippen LogP contribution in [0.1, 0.15) is 5.69 Å². The topological polar surface area (TPSA) is 102 Å². The molecule has 132 valence electrons. The highest BCUT2D eigenvalue weighted by Gasteiger charge is 2.13. The van der Waals surface area contributed by atoms with Gasteiger partial charge in [0.25, 0.3) is 5.88 Å². The number of pyridine rings is 1. The Morgan fingerprint density at radius 1 is 1.20 bits per heavy atom. The summed E-state index contributed by atoms with van der Waals surface area (Å²) in [5.74, 6) is 0.369. The third kappa shape index (κ3) is 5.82. The summed E-state index contributed by atoms with van der Waals surface area (Å²) in [5.41, 5.74) is 1.53. The number of ether oxygens (including phenoxy) is 1. The quantitative estimate of drug-likeness (QED) is 0.685. The van der Waals surface area contributed by atoms with E-state index in [0.29, 0.717) is 16.6 Å². The lowest BCUT2D eigenvalue weighted by atomic mass is 10.4. The van der Waals surface area contributed by atoms with Crippen LogP contribution in [0.5, 0.6) is 5.88 Å². The molecule has 25 heavy (non-hydrogen) atoms. The van der Waals surface area contributed by atoms with Crippen LogP contribution in [0.4, 0.5) is 21.4 Å². The summed E-state index contributed by atoms with van der Waals surface area (Å²) in [4.78, 5) is 28.2. The van der Waals surface area contributed by atoms with Crippen molar-refractivity contribution in [1.82, 2.24) is 19.9 Å². The minimum atomic E-state index is -0.686. The molecule has 0 aliphatic rings. The van der Waals surface area contributed by atoms with Crippen LogP contribution in [0.15, 0.2) is 42.3 Å². The van der Waals surface area contributed by atoms with Crippen molar-refractivity contribution in [2.45, 2.75) is 6.92 Å². The number of aromatic nitrogens is 4. The summed E-state index contributed by atoms with van der Waals surface area (Å²) >= 11 is 1.31. The second-order valence-corrected chi connectivity index (χ2v) is 5.24. The molecule has 0 aromatic carbocycles. The second-order valence-electron chi connectivity index (χ2n) is 4.39. The number of thiazole rings is 1. The lowest BCUT2D eigenvalue weighted by Gasteiger charge is -2.09. The Morgan fingerprint density at radius 3 is 2.68 bits per heavy atom. The number of rotatable bonds is 4. The molecule has 0 fully saturated rings. The molecule has 2 N–H and O–H groups in total. The molecule has 0 atom stereocenters. The van der Waals surface area contributed by atoms with Gasteiger partial charge in [-0.05, 0) is 19.1 Å². The zero-order chi connectivity index (χ0) is 16.1. The molecule has 8 nitrogen and oxygen atoms in total. The lowest BCUT2D eigenvalue weighted by molar-refractivity contribution is 0.213. The molecule has 0 unspecified atom stereocenters. The van der Waals surface area contributed by atoms with Gasteiger partial charge in [0.15, 0.2) is 10.9 Å². The van der Waals surface area contributed by atoms with Gasteiger partial charge in [-0.1, -0.05) is 0 Å². The van der Waals surface area contributed by atoms with Crippen LogP contribution in [-0.4, -0.2) is 26.0 Å². The van der Waals surface area contributed by atoms with Crippen LogP contribution in [0.3, 0.4) is 0 Å². The molecule has 1 amide bonds. The van der Waals surface area contributed by atoms with Crippen LogP contribution in [0.2, 0.25) is 0 Å². The van der Waals surface area contributed by atoms with Gasteiger partial charge in [-0.15, -0.1) is 36.2 Å². The Balaban J connectivity index is 0.00000156. The molecule has 3 aromatic rings. The maximum Gasteiger partial charge on any atom is 0.420 e. The van der Waals surface area contributed by atoms with E-state index in [9.17, 15) is 4.79 Å². The van der Waals surface area contributed by atoms with Gasteiger partial charge in [0, 0.05) is 24.0 Å². The van der Waals surface area contributed by atoms with Crippen molar-refractivity contribution < 1.29 is 9.53 Å². The van der Waals surface area contributed by atoms with Gasteiger partial charge in [0.2, 0.25) is 0 Å². The summed E-state index contributed by atoms with van der Waals surface area (Å²) in [6.07, 6.45) is 5.52. The summed E-state index contributed by atoms with van der Waals surface area (Å²) in [7, 11) is 0. The zero-order valence-electron chi connectivity index (χ0n) is 12.9. The van der Waals surface area contributed by atoms with Crippen LogP contribution < -0.4 is 15.4 Å². The van der Waals surface area contributed by atoms with Crippen LogP contribution in [-0.2, 0) is 0 Å². The summed E-state index contributed by atoms with van der Waals surface area (Å²) in [6.45, 7) is 1.84. The van der Waals surface area contributed by atoms with Crippen molar-refractivity contribution in [2.24, 2.45) is 0 Å². The molecule has 11 heteroatoms.